The summed E-state index contributed by atoms with van der Waals surface area (Å²) in [5.74, 6) is 0.234. The number of hydrogen-bond donors (Lipinski definition) is 0. The van der Waals surface area contributed by atoms with Crippen molar-refractivity contribution in [2.24, 2.45) is 5.92 Å². The van der Waals surface area contributed by atoms with Crippen molar-refractivity contribution in [2.45, 2.75) is 38.5 Å². The van der Waals surface area contributed by atoms with Gasteiger partial charge < -0.3 is 0 Å². The molecule has 1 aromatic carbocycles. The smallest absolute Gasteiger partial charge is 0.168 e. The highest BCUT2D eigenvalue weighted by atomic mass is 35.5. The highest BCUT2D eigenvalue weighted by molar-refractivity contribution is 6.39. The van der Waals surface area contributed by atoms with E-state index < -0.39 is 0 Å². The second-order valence-corrected chi connectivity index (χ2v) is 5.46. The minimum absolute atomic E-state index is 0.106. The monoisotopic (exact) mass is 270 g/mol. The van der Waals surface area contributed by atoms with E-state index in [-0.39, 0.29) is 11.7 Å². The Morgan fingerprint density at radius 2 is 1.53 bits per heavy atom. The number of benzene rings is 1. The second-order valence-electron chi connectivity index (χ2n) is 4.65. The molecule has 1 aliphatic rings. The van der Waals surface area contributed by atoms with Crippen molar-refractivity contribution in [3.8, 4) is 0 Å². The average molecular weight is 271 g/mol. The minimum Gasteiger partial charge on any atom is -0.294 e. The number of halogens is 2. The molecular weight excluding hydrogens is 255 g/mol. The lowest BCUT2D eigenvalue weighted by Crippen LogP contribution is -2.15. The van der Waals surface area contributed by atoms with Crippen LogP contribution in [0.2, 0.25) is 10.0 Å². The summed E-state index contributed by atoms with van der Waals surface area (Å²) in [7, 11) is 0. The molecule has 0 aliphatic heterocycles. The van der Waals surface area contributed by atoms with Gasteiger partial charge in [-0.05, 0) is 25.0 Å². The number of hydrogen-bond acceptors (Lipinski definition) is 1. The van der Waals surface area contributed by atoms with Crippen LogP contribution in [-0.4, -0.2) is 5.78 Å². The largest absolute Gasteiger partial charge is 0.294 e. The zero-order valence-electron chi connectivity index (χ0n) is 9.72. The van der Waals surface area contributed by atoms with Crippen molar-refractivity contribution in [2.75, 3.05) is 0 Å². The summed E-state index contributed by atoms with van der Waals surface area (Å²) in [5, 5.41) is 0.957. The molecular formula is C14H16Cl2O. The van der Waals surface area contributed by atoms with Crippen molar-refractivity contribution in [1.82, 2.24) is 0 Å². The van der Waals surface area contributed by atoms with Gasteiger partial charge >= 0.3 is 0 Å². The van der Waals surface area contributed by atoms with Gasteiger partial charge in [-0.15, -0.1) is 0 Å². The van der Waals surface area contributed by atoms with Crippen molar-refractivity contribution in [3.05, 3.63) is 33.8 Å². The number of rotatable bonds is 2. The molecule has 1 nitrogen and oxygen atoms in total. The quantitative estimate of drug-likeness (QED) is 0.537. The number of ketones is 1. The summed E-state index contributed by atoms with van der Waals surface area (Å²) in [6, 6.07) is 5.24. The number of Topliss-reactive ketones (excluding diaryl/α,β-unsaturated/α-hetero) is 1. The first-order valence-electron chi connectivity index (χ1n) is 6.18. The van der Waals surface area contributed by atoms with Crippen LogP contribution in [-0.2, 0) is 0 Å². The van der Waals surface area contributed by atoms with Gasteiger partial charge in [-0.25, -0.2) is 0 Å². The van der Waals surface area contributed by atoms with Crippen LogP contribution in [0.5, 0.6) is 0 Å². The lowest BCUT2D eigenvalue weighted by molar-refractivity contribution is 0.0908. The predicted molar refractivity (Wildman–Crippen MR) is 72.0 cm³/mol. The molecule has 0 aromatic heterocycles. The molecule has 1 fully saturated rings. The lowest BCUT2D eigenvalue weighted by atomic mass is 9.91. The standard InChI is InChI=1S/C14H16Cl2O/c15-11-8-5-9-12(16)13(11)14(17)10-6-3-1-2-4-7-10/h5,8-10H,1-4,6-7H2. The zero-order chi connectivity index (χ0) is 12.3. The van der Waals surface area contributed by atoms with Crippen LogP contribution in [0.1, 0.15) is 48.9 Å². The van der Waals surface area contributed by atoms with Gasteiger partial charge in [0.15, 0.2) is 5.78 Å². The van der Waals surface area contributed by atoms with Crippen molar-refractivity contribution in [3.63, 3.8) is 0 Å². The van der Waals surface area contributed by atoms with Crippen LogP contribution >= 0.6 is 23.2 Å². The summed E-state index contributed by atoms with van der Waals surface area (Å²) in [6.07, 6.45) is 6.69. The molecule has 0 heterocycles. The maximum absolute atomic E-state index is 12.4. The summed E-state index contributed by atoms with van der Waals surface area (Å²) < 4.78 is 0. The zero-order valence-corrected chi connectivity index (χ0v) is 11.2. The van der Waals surface area contributed by atoms with Crippen molar-refractivity contribution < 1.29 is 4.79 Å². The van der Waals surface area contributed by atoms with E-state index in [2.05, 4.69) is 0 Å². The van der Waals surface area contributed by atoms with Gasteiger partial charge in [-0.2, -0.15) is 0 Å². The van der Waals surface area contributed by atoms with Gasteiger partial charge in [0.25, 0.3) is 0 Å². The molecule has 2 rings (SSSR count). The van der Waals surface area contributed by atoms with E-state index in [9.17, 15) is 4.79 Å². The Labute approximate surface area is 112 Å². The summed E-state index contributed by atoms with van der Waals surface area (Å²) >= 11 is 12.2. The van der Waals surface area contributed by atoms with E-state index in [1.54, 1.807) is 18.2 Å². The van der Waals surface area contributed by atoms with Crippen LogP contribution in [0.15, 0.2) is 18.2 Å². The van der Waals surface area contributed by atoms with Gasteiger partial charge in [0, 0.05) is 5.92 Å². The molecule has 0 unspecified atom stereocenters. The maximum Gasteiger partial charge on any atom is 0.168 e. The fourth-order valence-corrected chi connectivity index (χ4v) is 3.06. The summed E-state index contributed by atoms with van der Waals surface area (Å²) in [4.78, 5) is 12.4. The van der Waals surface area contributed by atoms with Gasteiger partial charge in [0.05, 0.1) is 15.6 Å². The van der Waals surface area contributed by atoms with Crippen LogP contribution in [0, 0.1) is 5.92 Å². The van der Waals surface area contributed by atoms with E-state index in [0.29, 0.717) is 15.6 Å². The molecule has 0 amide bonds. The third-order valence-corrected chi connectivity index (χ3v) is 4.07. The van der Waals surface area contributed by atoms with Crippen LogP contribution < -0.4 is 0 Å². The summed E-state index contributed by atoms with van der Waals surface area (Å²) in [6.45, 7) is 0. The minimum atomic E-state index is 0.106. The van der Waals surface area contributed by atoms with Gasteiger partial charge in [0.1, 0.15) is 0 Å². The Morgan fingerprint density at radius 1 is 1.00 bits per heavy atom. The molecule has 1 aromatic rings. The molecule has 17 heavy (non-hydrogen) atoms. The highest BCUT2D eigenvalue weighted by Crippen LogP contribution is 2.32. The maximum atomic E-state index is 12.4. The fraction of sp³-hybridized carbons (Fsp3) is 0.500. The molecule has 3 heteroatoms. The molecule has 92 valence electrons. The second kappa shape index (κ2) is 5.88. The molecule has 0 bridgehead atoms. The van der Waals surface area contributed by atoms with Gasteiger partial charge in [0.2, 0.25) is 0 Å². The van der Waals surface area contributed by atoms with E-state index in [1.165, 1.54) is 12.8 Å². The molecule has 0 saturated heterocycles. The van der Waals surface area contributed by atoms with Gasteiger partial charge in [-0.3, -0.25) is 4.79 Å². The molecule has 0 atom stereocenters. The third-order valence-electron chi connectivity index (χ3n) is 3.44. The topological polar surface area (TPSA) is 17.1 Å². The first-order valence-corrected chi connectivity index (χ1v) is 6.94. The first kappa shape index (κ1) is 12.9. The van der Waals surface area contributed by atoms with Gasteiger partial charge in [-0.1, -0.05) is 55.0 Å². The normalized spacial score (nSPS) is 17.8. The number of carbonyl (C=O) groups is 1. The van der Waals surface area contributed by atoms with Crippen molar-refractivity contribution in [1.29, 1.82) is 0 Å². The summed E-state index contributed by atoms with van der Waals surface area (Å²) in [5.41, 5.74) is 0.516. The third kappa shape index (κ3) is 3.02. The van der Waals surface area contributed by atoms with Crippen LogP contribution in [0.4, 0.5) is 0 Å². The van der Waals surface area contributed by atoms with Crippen LogP contribution in [0.25, 0.3) is 0 Å². The molecule has 0 radical (unpaired) electrons. The van der Waals surface area contributed by atoms with E-state index in [4.69, 9.17) is 23.2 Å². The molecule has 0 N–H and O–H groups in total. The lowest BCUT2D eigenvalue weighted by Gasteiger charge is -2.14. The Bertz CT molecular complexity index is 386. The van der Waals surface area contributed by atoms with Crippen LogP contribution in [0.3, 0.4) is 0 Å². The Balaban J connectivity index is 2.23. The number of carbonyl (C=O) groups excluding carboxylic acids is 1. The van der Waals surface area contributed by atoms with E-state index >= 15 is 0 Å². The highest BCUT2D eigenvalue weighted by Gasteiger charge is 2.24. The first-order chi connectivity index (χ1) is 8.20. The average Bonchev–Trinajstić information content (AvgIpc) is 2.57. The van der Waals surface area contributed by atoms with E-state index in [0.717, 1.165) is 25.7 Å². The molecule has 0 spiro atoms. The molecule has 1 aliphatic carbocycles. The van der Waals surface area contributed by atoms with Crippen molar-refractivity contribution >= 4 is 29.0 Å². The Kier molecular flexibility index (Phi) is 4.47. The Morgan fingerprint density at radius 3 is 2.06 bits per heavy atom. The van der Waals surface area contributed by atoms with E-state index in [1.807, 2.05) is 0 Å². The predicted octanol–water partition coefficient (Wildman–Crippen LogP) is 5.15. The molecule has 1 saturated carbocycles. The SMILES string of the molecule is O=C(c1c(Cl)cccc1Cl)C1CCCCCC1. The Hall–Kier alpha value is -0.530. The fourth-order valence-electron chi connectivity index (χ4n) is 2.48.